The van der Waals surface area contributed by atoms with Crippen molar-refractivity contribution in [1.82, 2.24) is 0 Å². The van der Waals surface area contributed by atoms with Crippen LogP contribution in [0.5, 0.6) is 0 Å². The summed E-state index contributed by atoms with van der Waals surface area (Å²) < 4.78 is 0. The van der Waals surface area contributed by atoms with Crippen molar-refractivity contribution in [1.29, 1.82) is 0 Å². The summed E-state index contributed by atoms with van der Waals surface area (Å²) in [5.74, 6) is 0. The highest BCUT2D eigenvalue weighted by Gasteiger charge is 2.55. The minimum absolute atomic E-state index is 0.0672. The van der Waals surface area contributed by atoms with Gasteiger partial charge in [0.15, 0.2) is 0 Å². The van der Waals surface area contributed by atoms with Gasteiger partial charge in [-0.25, -0.2) is 0 Å². The van der Waals surface area contributed by atoms with E-state index >= 15 is 0 Å². The maximum absolute atomic E-state index is 2.55. The van der Waals surface area contributed by atoms with Gasteiger partial charge in [-0.15, -0.1) is 0 Å². The Labute approximate surface area is 203 Å². The fourth-order valence-electron chi connectivity index (χ4n) is 7.06. The van der Waals surface area contributed by atoms with E-state index in [1.807, 2.05) is 0 Å². The van der Waals surface area contributed by atoms with E-state index in [4.69, 9.17) is 0 Å². The van der Waals surface area contributed by atoms with Crippen molar-refractivity contribution in [2.45, 2.75) is 64.2 Å². The molecule has 1 unspecified atom stereocenters. The topological polar surface area (TPSA) is 0 Å². The highest BCUT2D eigenvalue weighted by atomic mass is 14.6. The highest BCUT2D eigenvalue weighted by molar-refractivity contribution is 5.97. The fraction of sp³-hybridized carbons (Fsp3) is 0.294. The molecule has 4 aromatic carbocycles. The van der Waals surface area contributed by atoms with Crippen LogP contribution in [0.15, 0.2) is 72.8 Å². The van der Waals surface area contributed by atoms with Gasteiger partial charge in [0.05, 0.1) is 5.41 Å². The van der Waals surface area contributed by atoms with Crippen LogP contribution in [0.3, 0.4) is 0 Å². The van der Waals surface area contributed by atoms with Crippen molar-refractivity contribution < 1.29 is 0 Å². The number of fused-ring (bicyclic) bond motifs is 5. The van der Waals surface area contributed by atoms with Gasteiger partial charge in [-0.3, -0.25) is 0 Å². The molecule has 0 heterocycles. The van der Waals surface area contributed by atoms with Gasteiger partial charge < -0.3 is 0 Å². The summed E-state index contributed by atoms with van der Waals surface area (Å²) in [5, 5.41) is 0. The van der Waals surface area contributed by atoms with Gasteiger partial charge in [0.2, 0.25) is 0 Å². The van der Waals surface area contributed by atoms with Crippen LogP contribution in [0, 0.1) is 0 Å². The second-order valence-electron chi connectivity index (χ2n) is 12.1. The lowest BCUT2D eigenvalue weighted by atomic mass is 9.67. The molecule has 0 saturated carbocycles. The smallest absolute Gasteiger partial charge is 0.0619 e. The molecule has 0 aliphatic heterocycles. The normalized spacial score (nSPS) is 19.9. The van der Waals surface area contributed by atoms with E-state index in [9.17, 15) is 0 Å². The van der Waals surface area contributed by atoms with E-state index in [-0.39, 0.29) is 16.2 Å². The lowest BCUT2D eigenvalue weighted by Crippen LogP contribution is -2.29. The summed E-state index contributed by atoms with van der Waals surface area (Å²) in [6.07, 6.45) is 1.06. The molecule has 3 aliphatic carbocycles. The molecule has 0 fully saturated rings. The fourth-order valence-corrected chi connectivity index (χ4v) is 7.06. The predicted octanol–water partition coefficient (Wildman–Crippen LogP) is 8.53. The second-order valence-corrected chi connectivity index (χ2v) is 12.1. The van der Waals surface area contributed by atoms with Crippen LogP contribution in [0.4, 0.5) is 0 Å². The zero-order valence-electron chi connectivity index (χ0n) is 21.1. The zero-order chi connectivity index (χ0) is 23.6. The molecule has 7 rings (SSSR count). The number of hydrogen-bond acceptors (Lipinski definition) is 0. The lowest BCUT2D eigenvalue weighted by molar-refractivity contribution is 0.580. The number of rotatable bonds is 1. The number of hydrogen-bond donors (Lipinski definition) is 0. The summed E-state index contributed by atoms with van der Waals surface area (Å²) in [7, 11) is 0. The summed E-state index contributed by atoms with van der Waals surface area (Å²) in [5.41, 5.74) is 17.2. The molecule has 4 aromatic rings. The molecule has 168 valence electrons. The molecule has 0 radical (unpaired) electrons. The Morgan fingerprint density at radius 3 is 2.09 bits per heavy atom. The molecule has 0 N–H and O–H groups in total. The lowest BCUT2D eigenvalue weighted by Gasteiger charge is -2.35. The molecule has 0 amide bonds. The number of benzene rings is 4. The average molecular weight is 441 g/mol. The highest BCUT2D eigenvalue weighted by Crippen LogP contribution is 2.66. The first kappa shape index (κ1) is 20.3. The van der Waals surface area contributed by atoms with Crippen molar-refractivity contribution in [2.75, 3.05) is 0 Å². The van der Waals surface area contributed by atoms with Crippen LogP contribution in [-0.4, -0.2) is 0 Å². The molecule has 0 saturated heterocycles. The molecular formula is C34H32. The quantitative estimate of drug-likeness (QED) is 0.240. The minimum Gasteiger partial charge on any atom is -0.0619 e. The van der Waals surface area contributed by atoms with E-state index in [1.54, 1.807) is 0 Å². The molecule has 3 aliphatic rings. The van der Waals surface area contributed by atoms with Crippen molar-refractivity contribution in [3.63, 3.8) is 0 Å². The maximum Gasteiger partial charge on any atom is 0.0728 e. The molecule has 1 spiro atoms. The van der Waals surface area contributed by atoms with Gasteiger partial charge in [-0.2, -0.15) is 0 Å². The van der Waals surface area contributed by atoms with Gasteiger partial charge in [0, 0.05) is 5.41 Å². The van der Waals surface area contributed by atoms with Crippen molar-refractivity contribution in [3.05, 3.63) is 117 Å². The standard InChI is InChI=1S/C34H32/c1-7-20-12-14-25-26-17-22(32(2,3)4)19-30-31(26)34(28(25)16-20)27-11-9-8-10-23(27)24-15-13-21(18-29(24)34)33(30,5)6/h8-19H,7H2,1-6H3. The van der Waals surface area contributed by atoms with E-state index in [1.165, 1.54) is 66.8 Å². The Morgan fingerprint density at radius 1 is 0.647 bits per heavy atom. The molecule has 1 atom stereocenters. The Hall–Kier alpha value is -3.12. The van der Waals surface area contributed by atoms with E-state index < -0.39 is 0 Å². The molecular weight excluding hydrogens is 408 g/mol. The Balaban J connectivity index is 1.77. The summed E-state index contributed by atoms with van der Waals surface area (Å²) in [4.78, 5) is 0. The first-order chi connectivity index (χ1) is 16.2. The van der Waals surface area contributed by atoms with Crippen LogP contribution in [0.25, 0.3) is 22.3 Å². The summed E-state index contributed by atoms with van der Waals surface area (Å²) in [6.45, 7) is 14.2. The van der Waals surface area contributed by atoms with Gasteiger partial charge in [0.25, 0.3) is 0 Å². The van der Waals surface area contributed by atoms with Crippen LogP contribution < -0.4 is 0 Å². The van der Waals surface area contributed by atoms with Gasteiger partial charge in [-0.1, -0.05) is 114 Å². The van der Waals surface area contributed by atoms with Gasteiger partial charge in [-0.05, 0) is 78.6 Å². The Morgan fingerprint density at radius 2 is 1.32 bits per heavy atom. The van der Waals surface area contributed by atoms with E-state index in [0.29, 0.717) is 0 Å². The average Bonchev–Trinajstić information content (AvgIpc) is 3.26. The zero-order valence-corrected chi connectivity index (χ0v) is 21.1. The molecule has 2 bridgehead atoms. The van der Waals surface area contributed by atoms with E-state index in [0.717, 1.165) is 6.42 Å². The van der Waals surface area contributed by atoms with Crippen LogP contribution in [0.1, 0.15) is 86.1 Å². The molecule has 0 nitrogen and oxygen atoms in total. The number of aryl methyl sites for hydroxylation is 1. The van der Waals surface area contributed by atoms with Crippen LogP contribution >= 0.6 is 0 Å². The first-order valence-electron chi connectivity index (χ1n) is 12.8. The van der Waals surface area contributed by atoms with Crippen LogP contribution in [0.2, 0.25) is 0 Å². The molecule has 0 heteroatoms. The van der Waals surface area contributed by atoms with Crippen molar-refractivity contribution in [3.8, 4) is 22.3 Å². The van der Waals surface area contributed by atoms with Gasteiger partial charge in [0.1, 0.15) is 0 Å². The predicted molar refractivity (Wildman–Crippen MR) is 143 cm³/mol. The van der Waals surface area contributed by atoms with Gasteiger partial charge >= 0.3 is 0 Å². The van der Waals surface area contributed by atoms with E-state index in [2.05, 4.69) is 114 Å². The molecule has 0 aromatic heterocycles. The van der Waals surface area contributed by atoms with Crippen molar-refractivity contribution in [2.24, 2.45) is 0 Å². The Kier molecular flexibility index (Phi) is 3.64. The first-order valence-corrected chi connectivity index (χ1v) is 12.8. The monoisotopic (exact) mass is 440 g/mol. The Bertz CT molecular complexity index is 1540. The van der Waals surface area contributed by atoms with Crippen molar-refractivity contribution >= 4 is 0 Å². The summed E-state index contributed by atoms with van der Waals surface area (Å²) >= 11 is 0. The van der Waals surface area contributed by atoms with Crippen LogP contribution in [-0.2, 0) is 22.7 Å². The third-order valence-corrected chi connectivity index (χ3v) is 9.01. The maximum atomic E-state index is 2.55. The second kappa shape index (κ2) is 6.11. The summed E-state index contributed by atoms with van der Waals surface area (Å²) in [6, 6.07) is 28.8. The molecule has 34 heavy (non-hydrogen) atoms. The third kappa shape index (κ3) is 2.16. The SMILES string of the molecule is CCc1ccc2c(c1)C13c4ccccc4-c4ccc(cc41)C(C)(C)c1cc(C(C)(C)C)cc-2c13. The third-order valence-electron chi connectivity index (χ3n) is 9.01. The largest absolute Gasteiger partial charge is 0.0728 e. The minimum atomic E-state index is -0.225.